The Morgan fingerprint density at radius 1 is 0.952 bits per heavy atom. The minimum absolute atomic E-state index is 0.220. The van der Waals surface area contributed by atoms with Crippen molar-refractivity contribution in [1.29, 1.82) is 5.26 Å². The smallest absolute Gasteiger partial charge is 0.273 e. The van der Waals surface area contributed by atoms with Crippen molar-refractivity contribution in [3.63, 3.8) is 0 Å². The fraction of sp³-hybridized carbons (Fsp3) is 0.188. The highest BCUT2D eigenvalue weighted by molar-refractivity contribution is 7.07. The summed E-state index contributed by atoms with van der Waals surface area (Å²) in [5.74, 6) is 1.75. The van der Waals surface area contributed by atoms with Crippen LogP contribution in [0, 0.1) is 11.3 Å². The number of aromatic nitrogens is 4. The number of thiazole rings is 1. The van der Waals surface area contributed by atoms with Crippen molar-refractivity contribution in [3.8, 4) is 23.2 Å². The molecule has 210 valence electrons. The molecule has 1 saturated heterocycles. The third-order valence-electron chi connectivity index (χ3n) is 6.83. The van der Waals surface area contributed by atoms with E-state index >= 15 is 0 Å². The van der Waals surface area contributed by atoms with Crippen molar-refractivity contribution in [3.05, 3.63) is 116 Å². The lowest BCUT2D eigenvalue weighted by Crippen LogP contribution is -2.38. The van der Waals surface area contributed by atoms with Crippen LogP contribution >= 0.6 is 11.3 Å². The standard InChI is InChI=1S/C32H28N6O3S/c1-2-41-26-15-13-23(14-16-26)21-28-30(39)38(25-11-7-4-8-12-25)31(42-28)27(22-33)29-34-35-32(36-17-19-40-20-18-36)37(29)24-9-5-3-6-10-24/h3-16,21H,2,17-20H2,1H3. The number of hydrogen-bond donors (Lipinski definition) is 0. The monoisotopic (exact) mass is 576 g/mol. The summed E-state index contributed by atoms with van der Waals surface area (Å²) in [6.07, 6.45) is 1.84. The SMILES string of the molecule is CCOc1ccc(C=c2sc(=C(C#N)c3nnc(N4CCOCC4)n3-c3ccccc3)n(-c3ccccc3)c2=O)cc1. The lowest BCUT2D eigenvalue weighted by Gasteiger charge is -2.28. The Kier molecular flexibility index (Phi) is 7.94. The van der Waals surface area contributed by atoms with Crippen LogP contribution in [0.3, 0.4) is 0 Å². The quantitative estimate of drug-likeness (QED) is 0.293. The van der Waals surface area contributed by atoms with E-state index in [4.69, 9.17) is 9.47 Å². The maximum atomic E-state index is 14.0. The van der Waals surface area contributed by atoms with Crippen LogP contribution in [0.1, 0.15) is 18.3 Å². The van der Waals surface area contributed by atoms with E-state index in [1.54, 1.807) is 4.57 Å². The molecule has 0 radical (unpaired) electrons. The number of hydrogen-bond acceptors (Lipinski definition) is 8. The second-order valence-electron chi connectivity index (χ2n) is 9.47. The van der Waals surface area contributed by atoms with Gasteiger partial charge in [-0.05, 0) is 55.0 Å². The third-order valence-corrected chi connectivity index (χ3v) is 7.92. The highest BCUT2D eigenvalue weighted by atomic mass is 32.1. The Morgan fingerprint density at radius 3 is 2.21 bits per heavy atom. The number of nitriles is 1. The van der Waals surface area contributed by atoms with Gasteiger partial charge in [0.2, 0.25) is 5.95 Å². The highest BCUT2D eigenvalue weighted by Gasteiger charge is 2.25. The van der Waals surface area contributed by atoms with Gasteiger partial charge in [0.25, 0.3) is 5.56 Å². The number of rotatable bonds is 7. The number of ether oxygens (including phenoxy) is 2. The predicted octanol–water partition coefficient (Wildman–Crippen LogP) is 3.27. The second kappa shape index (κ2) is 12.3. The van der Waals surface area contributed by atoms with Crippen LogP contribution in [0.2, 0.25) is 0 Å². The molecule has 0 bridgehead atoms. The minimum Gasteiger partial charge on any atom is -0.494 e. The molecular formula is C32H28N6O3S. The molecule has 0 N–H and O–H groups in total. The van der Waals surface area contributed by atoms with Crippen LogP contribution in [0.4, 0.5) is 5.95 Å². The van der Waals surface area contributed by atoms with Crippen molar-refractivity contribution in [2.45, 2.75) is 6.92 Å². The van der Waals surface area contributed by atoms with E-state index < -0.39 is 0 Å². The molecule has 0 amide bonds. The van der Waals surface area contributed by atoms with E-state index in [0.29, 0.717) is 59.6 Å². The van der Waals surface area contributed by atoms with Crippen molar-refractivity contribution in [2.24, 2.45) is 0 Å². The number of morpholine rings is 1. The molecule has 0 spiro atoms. The molecule has 6 rings (SSSR count). The number of nitrogens with zero attached hydrogens (tertiary/aromatic N) is 6. The van der Waals surface area contributed by atoms with Crippen LogP contribution in [-0.2, 0) is 4.74 Å². The lowest BCUT2D eigenvalue weighted by molar-refractivity contribution is 0.122. The van der Waals surface area contributed by atoms with Crippen LogP contribution in [0.15, 0.2) is 89.7 Å². The number of para-hydroxylation sites is 2. The van der Waals surface area contributed by atoms with Gasteiger partial charge >= 0.3 is 0 Å². The van der Waals surface area contributed by atoms with E-state index in [-0.39, 0.29) is 11.1 Å². The van der Waals surface area contributed by atoms with Gasteiger partial charge in [-0.1, -0.05) is 48.5 Å². The largest absolute Gasteiger partial charge is 0.494 e. The zero-order valence-electron chi connectivity index (χ0n) is 23.0. The van der Waals surface area contributed by atoms with E-state index in [1.807, 2.05) is 102 Å². The summed E-state index contributed by atoms with van der Waals surface area (Å²) in [6, 6.07) is 29.0. The van der Waals surface area contributed by atoms with Gasteiger partial charge in [0.1, 0.15) is 22.1 Å². The predicted molar refractivity (Wildman–Crippen MR) is 163 cm³/mol. The normalized spacial score (nSPS) is 14.5. The fourth-order valence-corrected chi connectivity index (χ4v) is 5.95. The van der Waals surface area contributed by atoms with Gasteiger partial charge < -0.3 is 14.4 Å². The first-order chi connectivity index (χ1) is 20.7. The molecule has 1 aliphatic rings. The minimum atomic E-state index is -0.220. The lowest BCUT2D eigenvalue weighted by atomic mass is 10.2. The fourth-order valence-electron chi connectivity index (χ4n) is 4.85. The molecule has 42 heavy (non-hydrogen) atoms. The first-order valence-electron chi connectivity index (χ1n) is 13.7. The van der Waals surface area contributed by atoms with E-state index in [9.17, 15) is 10.1 Å². The Hall–Kier alpha value is -4.98. The molecule has 10 heteroatoms. The molecule has 0 unspecified atom stereocenters. The molecule has 0 saturated carbocycles. The first kappa shape index (κ1) is 27.2. The molecule has 0 atom stereocenters. The van der Waals surface area contributed by atoms with Crippen molar-refractivity contribution in [2.75, 3.05) is 37.8 Å². The van der Waals surface area contributed by atoms with Gasteiger partial charge in [0.05, 0.1) is 35.7 Å². The summed E-state index contributed by atoms with van der Waals surface area (Å²) >= 11 is 1.26. The molecule has 2 aromatic heterocycles. The molecule has 5 aromatic rings. The summed E-state index contributed by atoms with van der Waals surface area (Å²) in [5.41, 5.74) is 2.36. The molecule has 0 aliphatic carbocycles. The van der Waals surface area contributed by atoms with Gasteiger partial charge in [0, 0.05) is 13.1 Å². The second-order valence-corrected chi connectivity index (χ2v) is 10.5. The van der Waals surface area contributed by atoms with E-state index in [0.717, 1.165) is 17.0 Å². The summed E-state index contributed by atoms with van der Waals surface area (Å²) in [5, 5.41) is 19.7. The van der Waals surface area contributed by atoms with Gasteiger partial charge in [-0.3, -0.25) is 13.9 Å². The Morgan fingerprint density at radius 2 is 1.60 bits per heavy atom. The van der Waals surface area contributed by atoms with Crippen molar-refractivity contribution < 1.29 is 9.47 Å². The number of anilines is 1. The average Bonchev–Trinajstić information content (AvgIpc) is 3.61. The highest BCUT2D eigenvalue weighted by Crippen LogP contribution is 2.24. The number of benzene rings is 3. The van der Waals surface area contributed by atoms with Crippen molar-refractivity contribution in [1.82, 2.24) is 19.3 Å². The van der Waals surface area contributed by atoms with E-state index in [2.05, 4.69) is 21.2 Å². The van der Waals surface area contributed by atoms with Gasteiger partial charge in [-0.25, -0.2) is 0 Å². The van der Waals surface area contributed by atoms with Crippen LogP contribution in [-0.4, -0.2) is 52.2 Å². The first-order valence-corrected chi connectivity index (χ1v) is 14.5. The molecule has 3 heterocycles. The average molecular weight is 577 g/mol. The summed E-state index contributed by atoms with van der Waals surface area (Å²) in [4.78, 5) is 16.1. The van der Waals surface area contributed by atoms with Gasteiger partial charge in [0.15, 0.2) is 5.82 Å². The maximum Gasteiger partial charge on any atom is 0.273 e. The summed E-state index contributed by atoms with van der Waals surface area (Å²) in [6.45, 7) is 4.98. The molecule has 1 fully saturated rings. The molecule has 1 aliphatic heterocycles. The summed E-state index contributed by atoms with van der Waals surface area (Å²) < 4.78 is 15.6. The molecular weight excluding hydrogens is 548 g/mol. The maximum absolute atomic E-state index is 14.0. The van der Waals surface area contributed by atoms with Gasteiger partial charge in [-0.15, -0.1) is 21.5 Å². The topological polar surface area (TPSA) is 98.2 Å². The zero-order chi connectivity index (χ0) is 28.9. The molecule has 3 aromatic carbocycles. The van der Waals surface area contributed by atoms with Crippen LogP contribution < -0.4 is 24.4 Å². The Labute approximate surface area is 246 Å². The van der Waals surface area contributed by atoms with Gasteiger partial charge in [-0.2, -0.15) is 5.26 Å². The van der Waals surface area contributed by atoms with E-state index in [1.165, 1.54) is 11.3 Å². The zero-order valence-corrected chi connectivity index (χ0v) is 23.8. The summed E-state index contributed by atoms with van der Waals surface area (Å²) in [7, 11) is 0. The third kappa shape index (κ3) is 5.35. The Bertz CT molecular complexity index is 1900. The molecule has 9 nitrogen and oxygen atoms in total. The van der Waals surface area contributed by atoms with Crippen molar-refractivity contribution >= 4 is 28.9 Å². The van der Waals surface area contributed by atoms with Crippen LogP contribution in [0.5, 0.6) is 5.75 Å². The Balaban J connectivity index is 1.62. The van der Waals surface area contributed by atoms with Crippen LogP contribution in [0.25, 0.3) is 23.0 Å².